The molecule has 0 spiro atoms. The molecule has 0 amide bonds. The lowest BCUT2D eigenvalue weighted by atomic mass is 10.0. The van der Waals surface area contributed by atoms with Gasteiger partial charge < -0.3 is 10.00 Å². The third kappa shape index (κ3) is 14.6. The van der Waals surface area contributed by atoms with Gasteiger partial charge in [0.05, 0.1) is 6.42 Å². The first-order valence-electron chi connectivity index (χ1n) is 12.8. The number of benzene rings is 1. The van der Waals surface area contributed by atoms with Gasteiger partial charge in [0, 0.05) is 11.5 Å². The van der Waals surface area contributed by atoms with Crippen LogP contribution in [-0.4, -0.2) is 22.1 Å². The van der Waals surface area contributed by atoms with Gasteiger partial charge in [0.1, 0.15) is 0 Å². The molecular weight excluding hydrogens is 419 g/mol. The van der Waals surface area contributed by atoms with Crippen LogP contribution in [0.2, 0.25) is 0 Å². The third-order valence-corrected chi connectivity index (χ3v) is 7.89. The van der Waals surface area contributed by atoms with Crippen molar-refractivity contribution in [3.05, 3.63) is 35.9 Å². The van der Waals surface area contributed by atoms with Gasteiger partial charge in [-0.05, 0) is 30.5 Å². The van der Waals surface area contributed by atoms with Gasteiger partial charge in [-0.25, -0.2) is 0 Å². The van der Waals surface area contributed by atoms with Gasteiger partial charge in [-0.15, -0.1) is 0 Å². The van der Waals surface area contributed by atoms with E-state index in [1.165, 1.54) is 89.9 Å². The molecule has 1 aromatic rings. The number of allylic oxidation sites excluding steroid dienone is 1. The van der Waals surface area contributed by atoms with Gasteiger partial charge in [-0.3, -0.25) is 9.36 Å². The van der Waals surface area contributed by atoms with E-state index in [-0.39, 0.29) is 12.6 Å². The van der Waals surface area contributed by atoms with Crippen LogP contribution in [-0.2, 0) is 9.36 Å². The predicted molar refractivity (Wildman–Crippen MR) is 137 cm³/mol. The van der Waals surface area contributed by atoms with Crippen LogP contribution in [0.15, 0.2) is 30.3 Å². The van der Waals surface area contributed by atoms with Crippen molar-refractivity contribution in [3.8, 4) is 0 Å². The number of hydrogen-bond acceptors (Lipinski definition) is 2. The Labute approximate surface area is 196 Å². The number of carboxylic acids is 1. The lowest BCUT2D eigenvalue weighted by molar-refractivity contribution is -0.136. The number of aliphatic carboxylic acids is 1. The van der Waals surface area contributed by atoms with Crippen LogP contribution in [0.3, 0.4) is 0 Å². The molecule has 0 heterocycles. The second kappa shape index (κ2) is 18.1. The van der Waals surface area contributed by atoms with Gasteiger partial charge in [0.15, 0.2) is 0 Å². The standard InChI is InChI=1S/C27H45O4P/c1-2-3-4-5-6-7-8-9-10-11-12-13-14-15-16-17-18-25-19-21-26(22-20-25)32(30,31)24-23-27(28)29/h17-22H,2-16,23-24H2,1H3,(H,28,29)(H,30,31). The Morgan fingerprint density at radius 3 is 1.75 bits per heavy atom. The first-order chi connectivity index (χ1) is 15.5. The van der Waals surface area contributed by atoms with Crippen LogP contribution in [0.1, 0.15) is 115 Å². The Balaban J connectivity index is 2.03. The maximum absolute atomic E-state index is 12.2. The van der Waals surface area contributed by atoms with Gasteiger partial charge in [0.25, 0.3) is 0 Å². The average molecular weight is 465 g/mol. The molecule has 0 saturated heterocycles. The summed E-state index contributed by atoms with van der Waals surface area (Å²) < 4.78 is 12.2. The number of carboxylic acid groups (broad SMARTS) is 1. The summed E-state index contributed by atoms with van der Waals surface area (Å²) in [5, 5.41) is 9.02. The molecule has 0 bridgehead atoms. The van der Waals surface area contributed by atoms with Crippen molar-refractivity contribution >= 4 is 24.7 Å². The van der Waals surface area contributed by atoms with Gasteiger partial charge in [-0.1, -0.05) is 115 Å². The summed E-state index contributed by atoms with van der Waals surface area (Å²) in [7, 11) is -3.59. The maximum atomic E-state index is 12.2. The summed E-state index contributed by atoms with van der Waals surface area (Å²) in [5.41, 5.74) is 0.998. The Hall–Kier alpha value is -1.38. The highest BCUT2D eigenvalue weighted by Gasteiger charge is 2.22. The minimum Gasteiger partial charge on any atom is -0.481 e. The van der Waals surface area contributed by atoms with E-state index in [9.17, 15) is 14.3 Å². The SMILES string of the molecule is CCCCCCCCCCCCCCCCC=Cc1ccc(P(=O)(O)CCC(=O)O)cc1. The Kier molecular flexibility index (Phi) is 16.2. The molecule has 1 aromatic carbocycles. The van der Waals surface area contributed by atoms with Crippen LogP contribution in [0.4, 0.5) is 0 Å². The van der Waals surface area contributed by atoms with Gasteiger partial charge in [-0.2, -0.15) is 0 Å². The average Bonchev–Trinajstić information content (AvgIpc) is 2.78. The molecule has 1 atom stereocenters. The van der Waals surface area contributed by atoms with Crippen LogP contribution in [0.25, 0.3) is 6.08 Å². The fourth-order valence-corrected chi connectivity index (χ4v) is 5.24. The van der Waals surface area contributed by atoms with E-state index in [0.29, 0.717) is 5.30 Å². The number of carbonyl (C=O) groups is 1. The fraction of sp³-hybridized carbons (Fsp3) is 0.667. The van der Waals surface area contributed by atoms with Crippen molar-refractivity contribution in [3.63, 3.8) is 0 Å². The van der Waals surface area contributed by atoms with E-state index >= 15 is 0 Å². The van der Waals surface area contributed by atoms with Crippen molar-refractivity contribution in [1.29, 1.82) is 0 Å². The molecule has 0 saturated carbocycles. The zero-order valence-corrected chi connectivity index (χ0v) is 21.0. The molecular formula is C27H45O4P. The quantitative estimate of drug-likeness (QED) is 0.152. The van der Waals surface area contributed by atoms with Crippen molar-refractivity contribution in [2.75, 3.05) is 6.16 Å². The second-order valence-corrected chi connectivity index (χ2v) is 11.3. The molecule has 4 nitrogen and oxygen atoms in total. The molecule has 1 rings (SSSR count). The maximum Gasteiger partial charge on any atom is 0.303 e. The number of hydrogen-bond donors (Lipinski definition) is 2. The predicted octanol–water partition coefficient (Wildman–Crippen LogP) is 7.94. The lowest BCUT2D eigenvalue weighted by Crippen LogP contribution is -2.09. The highest BCUT2D eigenvalue weighted by Crippen LogP contribution is 2.39. The minimum absolute atomic E-state index is 0.226. The zero-order chi connectivity index (χ0) is 23.5. The van der Waals surface area contributed by atoms with Crippen LogP contribution in [0.5, 0.6) is 0 Å². The van der Waals surface area contributed by atoms with Crippen LogP contribution >= 0.6 is 7.37 Å². The molecule has 0 aliphatic heterocycles. The van der Waals surface area contributed by atoms with E-state index in [4.69, 9.17) is 5.11 Å². The van der Waals surface area contributed by atoms with E-state index in [0.717, 1.165) is 12.0 Å². The van der Waals surface area contributed by atoms with E-state index in [2.05, 4.69) is 13.0 Å². The van der Waals surface area contributed by atoms with Crippen molar-refractivity contribution in [2.45, 2.75) is 110 Å². The normalized spacial score (nSPS) is 13.4. The first-order valence-corrected chi connectivity index (χ1v) is 14.6. The number of rotatable bonds is 20. The molecule has 182 valence electrons. The van der Waals surface area contributed by atoms with E-state index in [1.54, 1.807) is 12.1 Å². The molecule has 1 unspecified atom stereocenters. The monoisotopic (exact) mass is 464 g/mol. The first kappa shape index (κ1) is 28.7. The van der Waals surface area contributed by atoms with Crippen molar-refractivity contribution in [1.82, 2.24) is 0 Å². The molecule has 0 fully saturated rings. The van der Waals surface area contributed by atoms with Crippen LogP contribution < -0.4 is 5.30 Å². The molecule has 0 aliphatic rings. The third-order valence-electron chi connectivity index (χ3n) is 5.96. The molecule has 0 aromatic heterocycles. The molecule has 0 aliphatic carbocycles. The molecule has 2 N–H and O–H groups in total. The van der Waals surface area contributed by atoms with E-state index in [1.807, 2.05) is 18.2 Å². The summed E-state index contributed by atoms with van der Waals surface area (Å²) in [4.78, 5) is 20.6. The molecule has 0 radical (unpaired) electrons. The number of unbranched alkanes of at least 4 members (excludes halogenated alkanes) is 14. The van der Waals surface area contributed by atoms with Gasteiger partial charge >= 0.3 is 5.97 Å². The topological polar surface area (TPSA) is 74.6 Å². The highest BCUT2D eigenvalue weighted by molar-refractivity contribution is 7.66. The van der Waals surface area contributed by atoms with Crippen molar-refractivity contribution in [2.24, 2.45) is 0 Å². The summed E-state index contributed by atoms with van der Waals surface area (Å²) >= 11 is 0. The summed E-state index contributed by atoms with van der Waals surface area (Å²) in [6.07, 6.45) is 23.9. The fourth-order valence-electron chi connectivity index (χ4n) is 3.87. The Morgan fingerprint density at radius 1 is 0.812 bits per heavy atom. The highest BCUT2D eigenvalue weighted by atomic mass is 31.2. The van der Waals surface area contributed by atoms with E-state index < -0.39 is 13.3 Å². The lowest BCUT2D eigenvalue weighted by Gasteiger charge is -2.10. The van der Waals surface area contributed by atoms with Crippen molar-refractivity contribution < 1.29 is 19.4 Å². The minimum atomic E-state index is -3.59. The Morgan fingerprint density at radius 2 is 1.28 bits per heavy atom. The van der Waals surface area contributed by atoms with Crippen LogP contribution in [0, 0.1) is 0 Å². The summed E-state index contributed by atoms with van der Waals surface area (Å²) in [6, 6.07) is 6.91. The smallest absolute Gasteiger partial charge is 0.303 e. The molecule has 5 heteroatoms. The van der Waals surface area contributed by atoms with Gasteiger partial charge in [0.2, 0.25) is 7.37 Å². The summed E-state index contributed by atoms with van der Waals surface area (Å²) in [5.74, 6) is -1.05. The largest absolute Gasteiger partial charge is 0.481 e. The second-order valence-electron chi connectivity index (χ2n) is 8.95. The zero-order valence-electron chi connectivity index (χ0n) is 20.1. The Bertz CT molecular complexity index is 681. The molecule has 32 heavy (non-hydrogen) atoms. The summed E-state index contributed by atoms with van der Waals surface area (Å²) in [6.45, 7) is 2.27.